The van der Waals surface area contributed by atoms with Gasteiger partial charge in [0.05, 0.1) is 0 Å². The average Bonchev–Trinajstić information content (AvgIpc) is 2.15. The van der Waals surface area contributed by atoms with Crippen molar-refractivity contribution in [2.75, 3.05) is 0 Å². The Labute approximate surface area is 81.9 Å². The fourth-order valence-electron chi connectivity index (χ4n) is 1.88. The molecule has 0 atom stereocenters. The standard InChI is InChI=1S/C10H12ClNO/c1-6-9(11)10(13)7-4-2-3-5-8(7)12-6/h2-5H2,1H3,(H,12,13). The normalized spacial score (nSPS) is 15.5. The molecule has 70 valence electrons. The monoisotopic (exact) mass is 197 g/mol. The Bertz CT molecular complexity index is 395. The van der Waals surface area contributed by atoms with E-state index < -0.39 is 0 Å². The van der Waals surface area contributed by atoms with Gasteiger partial charge in [0.1, 0.15) is 5.02 Å². The van der Waals surface area contributed by atoms with Crippen LogP contribution in [0.2, 0.25) is 5.02 Å². The van der Waals surface area contributed by atoms with Crippen molar-refractivity contribution in [1.29, 1.82) is 0 Å². The van der Waals surface area contributed by atoms with Crippen LogP contribution in [0.15, 0.2) is 4.79 Å². The number of hydrogen-bond acceptors (Lipinski definition) is 1. The van der Waals surface area contributed by atoms with Crippen molar-refractivity contribution >= 4 is 11.6 Å². The summed E-state index contributed by atoms with van der Waals surface area (Å²) in [7, 11) is 0. The van der Waals surface area contributed by atoms with E-state index in [0.717, 1.165) is 36.2 Å². The van der Waals surface area contributed by atoms with E-state index in [1.54, 1.807) is 0 Å². The topological polar surface area (TPSA) is 32.9 Å². The van der Waals surface area contributed by atoms with Crippen LogP contribution in [0.3, 0.4) is 0 Å². The number of aromatic amines is 1. The van der Waals surface area contributed by atoms with Crippen molar-refractivity contribution < 1.29 is 0 Å². The Balaban J connectivity index is 2.68. The van der Waals surface area contributed by atoms with Crippen molar-refractivity contribution in [2.24, 2.45) is 0 Å². The van der Waals surface area contributed by atoms with E-state index in [-0.39, 0.29) is 5.43 Å². The molecule has 2 nitrogen and oxygen atoms in total. The molecule has 13 heavy (non-hydrogen) atoms. The van der Waals surface area contributed by atoms with Crippen molar-refractivity contribution in [2.45, 2.75) is 32.6 Å². The van der Waals surface area contributed by atoms with Crippen molar-refractivity contribution in [3.05, 3.63) is 32.2 Å². The number of halogens is 1. The van der Waals surface area contributed by atoms with Crippen molar-refractivity contribution in [1.82, 2.24) is 4.98 Å². The molecular formula is C10H12ClNO. The molecule has 1 N–H and O–H groups in total. The van der Waals surface area contributed by atoms with Crippen LogP contribution in [0, 0.1) is 6.92 Å². The largest absolute Gasteiger partial charge is 0.361 e. The summed E-state index contributed by atoms with van der Waals surface area (Å²) < 4.78 is 0. The van der Waals surface area contributed by atoms with Gasteiger partial charge in [-0.1, -0.05) is 11.6 Å². The molecule has 2 rings (SSSR count). The van der Waals surface area contributed by atoms with Gasteiger partial charge >= 0.3 is 0 Å². The Kier molecular flexibility index (Phi) is 2.16. The second-order valence-electron chi connectivity index (χ2n) is 3.56. The highest BCUT2D eigenvalue weighted by atomic mass is 35.5. The highest BCUT2D eigenvalue weighted by Crippen LogP contribution is 2.19. The molecule has 0 spiro atoms. The van der Waals surface area contributed by atoms with E-state index in [9.17, 15) is 4.79 Å². The minimum atomic E-state index is 0.0348. The lowest BCUT2D eigenvalue weighted by Gasteiger charge is -2.15. The Hall–Kier alpha value is -0.760. The van der Waals surface area contributed by atoms with Crippen LogP contribution in [0.1, 0.15) is 29.8 Å². The van der Waals surface area contributed by atoms with E-state index >= 15 is 0 Å². The third-order valence-electron chi connectivity index (χ3n) is 2.61. The summed E-state index contributed by atoms with van der Waals surface area (Å²) in [4.78, 5) is 14.9. The summed E-state index contributed by atoms with van der Waals surface area (Å²) in [6.07, 6.45) is 4.15. The molecule has 1 aliphatic rings. The van der Waals surface area contributed by atoms with E-state index in [1.165, 1.54) is 6.42 Å². The minimum absolute atomic E-state index is 0.0348. The zero-order valence-corrected chi connectivity index (χ0v) is 8.37. The molecule has 1 aromatic heterocycles. The van der Waals surface area contributed by atoms with Crippen molar-refractivity contribution in [3.63, 3.8) is 0 Å². The first-order valence-corrected chi connectivity index (χ1v) is 4.98. The number of hydrogen-bond donors (Lipinski definition) is 1. The number of nitrogens with one attached hydrogen (secondary N) is 1. The number of rotatable bonds is 0. The first-order chi connectivity index (χ1) is 6.20. The number of aromatic nitrogens is 1. The van der Waals surface area contributed by atoms with Gasteiger partial charge in [0.2, 0.25) is 5.43 Å². The van der Waals surface area contributed by atoms with Crippen LogP contribution in [0.25, 0.3) is 0 Å². The molecule has 1 heterocycles. The molecular weight excluding hydrogens is 186 g/mol. The molecule has 0 fully saturated rings. The van der Waals surface area contributed by atoms with E-state index in [1.807, 2.05) is 6.92 Å². The Morgan fingerprint density at radius 2 is 2.00 bits per heavy atom. The molecule has 0 aromatic carbocycles. The van der Waals surface area contributed by atoms with Crippen molar-refractivity contribution in [3.8, 4) is 0 Å². The summed E-state index contributed by atoms with van der Waals surface area (Å²) in [5.74, 6) is 0. The molecule has 0 radical (unpaired) electrons. The Morgan fingerprint density at radius 3 is 2.77 bits per heavy atom. The summed E-state index contributed by atoms with van der Waals surface area (Å²) in [5, 5.41) is 0.362. The molecule has 0 unspecified atom stereocenters. The van der Waals surface area contributed by atoms with Crippen LogP contribution in [0.5, 0.6) is 0 Å². The predicted molar refractivity (Wildman–Crippen MR) is 53.5 cm³/mol. The lowest BCUT2D eigenvalue weighted by Crippen LogP contribution is -2.19. The Morgan fingerprint density at radius 1 is 1.31 bits per heavy atom. The summed E-state index contributed by atoms with van der Waals surface area (Å²) in [6.45, 7) is 1.85. The van der Waals surface area contributed by atoms with Crippen LogP contribution < -0.4 is 5.43 Å². The molecule has 1 aliphatic carbocycles. The summed E-state index contributed by atoms with van der Waals surface area (Å²) >= 11 is 5.87. The highest BCUT2D eigenvalue weighted by Gasteiger charge is 2.16. The van der Waals surface area contributed by atoms with E-state index in [0.29, 0.717) is 5.02 Å². The minimum Gasteiger partial charge on any atom is -0.361 e. The second-order valence-corrected chi connectivity index (χ2v) is 3.94. The van der Waals surface area contributed by atoms with E-state index in [2.05, 4.69) is 4.98 Å². The number of H-pyrrole nitrogens is 1. The number of fused-ring (bicyclic) bond motifs is 1. The van der Waals surface area contributed by atoms with Gasteiger partial charge in [0, 0.05) is 17.0 Å². The SMILES string of the molecule is Cc1[nH]c2c(c(=O)c1Cl)CCCC2. The maximum atomic E-state index is 11.7. The lowest BCUT2D eigenvalue weighted by atomic mass is 9.95. The predicted octanol–water partition coefficient (Wildman–Crippen LogP) is 2.22. The molecule has 0 saturated carbocycles. The van der Waals surface area contributed by atoms with Crippen LogP contribution >= 0.6 is 11.6 Å². The quantitative estimate of drug-likeness (QED) is 0.680. The number of pyridine rings is 1. The van der Waals surface area contributed by atoms with Gasteiger partial charge in [-0.2, -0.15) is 0 Å². The molecule has 0 saturated heterocycles. The zero-order valence-electron chi connectivity index (χ0n) is 7.61. The molecule has 1 aromatic rings. The second kappa shape index (κ2) is 3.18. The van der Waals surface area contributed by atoms with Gasteiger partial charge in [0.15, 0.2) is 0 Å². The number of aryl methyl sites for hydroxylation is 2. The van der Waals surface area contributed by atoms with Gasteiger partial charge in [-0.05, 0) is 32.6 Å². The third kappa shape index (κ3) is 1.39. The maximum Gasteiger partial charge on any atom is 0.203 e. The van der Waals surface area contributed by atoms with Gasteiger partial charge < -0.3 is 4.98 Å². The van der Waals surface area contributed by atoms with Gasteiger partial charge in [0.25, 0.3) is 0 Å². The third-order valence-corrected chi connectivity index (χ3v) is 3.06. The van der Waals surface area contributed by atoms with Crippen LogP contribution in [0.4, 0.5) is 0 Å². The highest BCUT2D eigenvalue weighted by molar-refractivity contribution is 6.31. The van der Waals surface area contributed by atoms with Crippen LogP contribution in [-0.2, 0) is 12.8 Å². The fourth-order valence-corrected chi connectivity index (χ4v) is 2.04. The average molecular weight is 198 g/mol. The molecule has 0 aliphatic heterocycles. The van der Waals surface area contributed by atoms with Gasteiger partial charge in [-0.3, -0.25) is 4.79 Å². The first-order valence-electron chi connectivity index (χ1n) is 4.60. The van der Waals surface area contributed by atoms with E-state index in [4.69, 9.17) is 11.6 Å². The summed E-state index contributed by atoms with van der Waals surface area (Å²) in [5.41, 5.74) is 2.83. The van der Waals surface area contributed by atoms with Crippen LogP contribution in [-0.4, -0.2) is 4.98 Å². The lowest BCUT2D eigenvalue weighted by molar-refractivity contribution is 0.661. The summed E-state index contributed by atoms with van der Waals surface area (Å²) in [6, 6.07) is 0. The molecule has 0 bridgehead atoms. The molecule has 0 amide bonds. The fraction of sp³-hybridized carbons (Fsp3) is 0.500. The maximum absolute atomic E-state index is 11.7. The first kappa shape index (κ1) is 8.82. The van der Waals surface area contributed by atoms with Gasteiger partial charge in [-0.15, -0.1) is 0 Å². The zero-order chi connectivity index (χ0) is 9.42. The molecule has 3 heteroatoms. The van der Waals surface area contributed by atoms with Gasteiger partial charge in [-0.25, -0.2) is 0 Å². The smallest absolute Gasteiger partial charge is 0.203 e.